The highest BCUT2D eigenvalue weighted by Gasteiger charge is 2.44. The minimum absolute atomic E-state index is 0.0454. The summed E-state index contributed by atoms with van der Waals surface area (Å²) in [6.45, 7) is 3.89. The number of benzene rings is 5. The molecule has 1 amide bonds. The number of sulfonamides is 1. The molecule has 0 aliphatic carbocycles. The van der Waals surface area contributed by atoms with Crippen molar-refractivity contribution < 1.29 is 26.4 Å². The number of carbonyl (C=O) groups is 1. The molecule has 0 aromatic heterocycles. The van der Waals surface area contributed by atoms with Crippen LogP contribution in [-0.2, 0) is 22.7 Å². The van der Waals surface area contributed by atoms with Gasteiger partial charge in [-0.15, -0.1) is 0 Å². The number of carbonyl (C=O) groups excluding carboxylic acids is 1. The minimum Gasteiger partial charge on any atom is -0.342 e. The lowest BCUT2D eigenvalue weighted by Gasteiger charge is -2.46. The first-order chi connectivity index (χ1) is 21.9. The van der Waals surface area contributed by atoms with E-state index < -0.39 is 33.8 Å². The van der Waals surface area contributed by atoms with E-state index in [1.165, 1.54) is 41.3 Å². The number of anilines is 3. The second-order valence-corrected chi connectivity index (χ2v) is 12.9. The Labute approximate surface area is 265 Å². The van der Waals surface area contributed by atoms with Gasteiger partial charge in [-0.25, -0.2) is 8.42 Å². The predicted molar refractivity (Wildman–Crippen MR) is 173 cm³/mol. The van der Waals surface area contributed by atoms with E-state index in [0.29, 0.717) is 17.1 Å². The number of aryl methyl sites for hydroxylation is 2. The number of nitrogens with zero attached hydrogens (tertiary/aromatic N) is 2. The number of hydrogen-bond donors (Lipinski definition) is 1. The van der Waals surface area contributed by atoms with Gasteiger partial charge in [-0.3, -0.25) is 14.4 Å². The Morgan fingerprint density at radius 2 is 1.37 bits per heavy atom. The zero-order chi connectivity index (χ0) is 32.6. The van der Waals surface area contributed by atoms with Gasteiger partial charge >= 0.3 is 6.18 Å². The fourth-order valence-electron chi connectivity index (χ4n) is 5.65. The smallest absolute Gasteiger partial charge is 0.342 e. The summed E-state index contributed by atoms with van der Waals surface area (Å²) in [4.78, 5) is 17.4. The summed E-state index contributed by atoms with van der Waals surface area (Å²) >= 11 is 0. The van der Waals surface area contributed by atoms with Crippen LogP contribution in [0.2, 0.25) is 0 Å². The number of halogens is 3. The van der Waals surface area contributed by atoms with Crippen molar-refractivity contribution in [2.45, 2.75) is 37.6 Å². The minimum atomic E-state index is -4.70. The number of hydrogen-bond acceptors (Lipinski definition) is 4. The summed E-state index contributed by atoms with van der Waals surface area (Å²) in [7, 11) is -4.13. The molecule has 0 spiro atoms. The molecule has 0 radical (unpaired) electrons. The molecule has 10 heteroatoms. The fraction of sp³-hybridized carbons (Fsp3) is 0.139. The van der Waals surface area contributed by atoms with Crippen LogP contribution < -0.4 is 14.5 Å². The first kappa shape index (κ1) is 30.9. The quantitative estimate of drug-likeness (QED) is 0.194. The molecule has 1 aliphatic rings. The molecule has 0 saturated heterocycles. The summed E-state index contributed by atoms with van der Waals surface area (Å²) in [5.41, 5.74) is 2.75. The molecule has 6 rings (SSSR count). The van der Waals surface area contributed by atoms with Crippen LogP contribution in [0.4, 0.5) is 30.2 Å². The molecule has 1 N–H and O–H groups in total. The van der Waals surface area contributed by atoms with Gasteiger partial charge in [-0.1, -0.05) is 83.9 Å². The average molecular weight is 642 g/mol. The highest BCUT2D eigenvalue weighted by molar-refractivity contribution is 7.92. The van der Waals surface area contributed by atoms with E-state index in [0.717, 1.165) is 22.8 Å². The van der Waals surface area contributed by atoms with Crippen LogP contribution >= 0.6 is 0 Å². The van der Waals surface area contributed by atoms with Gasteiger partial charge in [0.15, 0.2) is 0 Å². The predicted octanol–water partition coefficient (Wildman–Crippen LogP) is 8.49. The lowest BCUT2D eigenvalue weighted by molar-refractivity contribution is -0.138. The Balaban J connectivity index is 1.57. The molecule has 5 aromatic carbocycles. The van der Waals surface area contributed by atoms with Crippen molar-refractivity contribution in [2.75, 3.05) is 14.5 Å². The maximum atomic E-state index is 14.5. The maximum absolute atomic E-state index is 14.5. The van der Waals surface area contributed by atoms with Crippen LogP contribution in [0.25, 0.3) is 0 Å². The lowest BCUT2D eigenvalue weighted by atomic mass is 9.95. The first-order valence-corrected chi connectivity index (χ1v) is 16.0. The van der Waals surface area contributed by atoms with Crippen molar-refractivity contribution in [1.29, 1.82) is 0 Å². The standard InChI is InChI=1S/C36H30F3N3O3S/c1-24-12-16-27(17-13-24)40-46(44,45)29-20-21-33-31(22-29)35(43)42(28-18-14-25(2)15-19-28)34(41(33)23-26-8-4-3-5-9-26)30-10-6-7-11-32(30)36(37,38)39/h3-22,34,40H,23H2,1-2H3/t34-/m0/s1. The SMILES string of the molecule is Cc1ccc(NS(=O)(=O)c2ccc3c(c2)C(=O)N(c2ccc(C)cc2)[C@@H](c2ccccc2C(F)(F)F)N3Cc2ccccc2)cc1. The van der Waals surface area contributed by atoms with E-state index >= 15 is 0 Å². The second kappa shape index (κ2) is 12.0. The molecule has 5 aromatic rings. The average Bonchev–Trinajstić information content (AvgIpc) is 3.03. The van der Waals surface area contributed by atoms with E-state index in [1.54, 1.807) is 53.4 Å². The molecule has 1 heterocycles. The van der Waals surface area contributed by atoms with Crippen LogP contribution in [0.3, 0.4) is 0 Å². The number of fused-ring (bicyclic) bond motifs is 1. The highest BCUT2D eigenvalue weighted by atomic mass is 32.2. The van der Waals surface area contributed by atoms with Crippen molar-refractivity contribution in [3.8, 4) is 0 Å². The summed E-state index contributed by atoms with van der Waals surface area (Å²) < 4.78 is 73.1. The summed E-state index contributed by atoms with van der Waals surface area (Å²) in [6, 6.07) is 32.3. The highest BCUT2D eigenvalue weighted by Crippen LogP contribution is 2.46. The van der Waals surface area contributed by atoms with Gasteiger partial charge < -0.3 is 4.90 Å². The van der Waals surface area contributed by atoms with E-state index in [2.05, 4.69) is 4.72 Å². The van der Waals surface area contributed by atoms with E-state index in [1.807, 2.05) is 44.2 Å². The molecule has 234 valence electrons. The van der Waals surface area contributed by atoms with Crippen molar-refractivity contribution in [3.05, 3.63) is 155 Å². The molecule has 6 nitrogen and oxygen atoms in total. The van der Waals surface area contributed by atoms with Crippen molar-refractivity contribution >= 4 is 33.0 Å². The molecule has 0 unspecified atom stereocenters. The number of alkyl halides is 3. The van der Waals surface area contributed by atoms with Crippen LogP contribution in [0.1, 0.15) is 44.3 Å². The van der Waals surface area contributed by atoms with Crippen LogP contribution in [0.15, 0.2) is 126 Å². The molecular weight excluding hydrogens is 611 g/mol. The number of nitrogens with one attached hydrogen (secondary N) is 1. The van der Waals surface area contributed by atoms with Gasteiger partial charge in [0.25, 0.3) is 15.9 Å². The monoisotopic (exact) mass is 641 g/mol. The molecule has 0 bridgehead atoms. The van der Waals surface area contributed by atoms with Gasteiger partial charge in [-0.2, -0.15) is 13.2 Å². The first-order valence-electron chi connectivity index (χ1n) is 14.5. The largest absolute Gasteiger partial charge is 0.416 e. The fourth-order valence-corrected chi connectivity index (χ4v) is 6.74. The van der Waals surface area contributed by atoms with Crippen LogP contribution in [0, 0.1) is 13.8 Å². The van der Waals surface area contributed by atoms with Crippen LogP contribution in [0.5, 0.6) is 0 Å². The van der Waals surface area contributed by atoms with Crippen LogP contribution in [-0.4, -0.2) is 14.3 Å². The second-order valence-electron chi connectivity index (χ2n) is 11.2. The Hall–Kier alpha value is -5.09. The van der Waals surface area contributed by atoms with Gasteiger partial charge in [0.2, 0.25) is 0 Å². The Morgan fingerprint density at radius 1 is 0.761 bits per heavy atom. The van der Waals surface area contributed by atoms with Crippen molar-refractivity contribution in [2.24, 2.45) is 0 Å². The number of amides is 1. The van der Waals surface area contributed by atoms with E-state index in [-0.39, 0.29) is 22.6 Å². The summed E-state index contributed by atoms with van der Waals surface area (Å²) in [5, 5.41) is 0. The molecule has 0 fully saturated rings. The van der Waals surface area contributed by atoms with E-state index in [9.17, 15) is 26.4 Å². The van der Waals surface area contributed by atoms with Gasteiger partial charge in [0, 0.05) is 23.5 Å². The van der Waals surface area contributed by atoms with Crippen molar-refractivity contribution in [3.63, 3.8) is 0 Å². The summed E-state index contributed by atoms with van der Waals surface area (Å²) in [6.07, 6.45) is -5.91. The Kier molecular flexibility index (Phi) is 8.08. The van der Waals surface area contributed by atoms with Crippen molar-refractivity contribution in [1.82, 2.24) is 0 Å². The third-order valence-corrected chi connectivity index (χ3v) is 9.31. The van der Waals surface area contributed by atoms with Gasteiger partial charge in [0.05, 0.1) is 21.7 Å². The maximum Gasteiger partial charge on any atom is 0.416 e. The number of rotatable bonds is 7. The zero-order valence-electron chi connectivity index (χ0n) is 25.0. The summed E-state index contributed by atoms with van der Waals surface area (Å²) in [5.74, 6) is -0.627. The molecule has 46 heavy (non-hydrogen) atoms. The normalized spacial score (nSPS) is 15.1. The third kappa shape index (κ3) is 6.08. The topological polar surface area (TPSA) is 69.7 Å². The third-order valence-electron chi connectivity index (χ3n) is 7.93. The van der Waals surface area contributed by atoms with Gasteiger partial charge in [0.1, 0.15) is 6.17 Å². The Bertz CT molecular complexity index is 2000. The van der Waals surface area contributed by atoms with Gasteiger partial charge in [-0.05, 0) is 67.9 Å². The zero-order valence-corrected chi connectivity index (χ0v) is 25.8. The lowest BCUT2D eigenvalue weighted by Crippen LogP contribution is -2.50. The molecular formula is C36H30F3N3O3S. The molecule has 1 aliphatic heterocycles. The Morgan fingerprint density at radius 3 is 2.02 bits per heavy atom. The molecule has 1 atom stereocenters. The molecule has 0 saturated carbocycles. The van der Waals surface area contributed by atoms with E-state index in [4.69, 9.17) is 0 Å².